The first-order chi connectivity index (χ1) is 11.7. The summed E-state index contributed by atoms with van der Waals surface area (Å²) in [6.07, 6.45) is 3.90. The van der Waals surface area contributed by atoms with E-state index in [9.17, 15) is 4.79 Å². The normalized spacial score (nSPS) is 21.7. The number of benzene rings is 1. The Balaban J connectivity index is 1.51. The molecular formula is C17H19N5O2. The molecule has 0 bridgehead atoms. The molecule has 2 unspecified atom stereocenters. The van der Waals surface area contributed by atoms with Gasteiger partial charge in [0.05, 0.1) is 11.6 Å². The highest BCUT2D eigenvalue weighted by atomic mass is 16.5. The molecule has 2 aromatic rings. The maximum atomic E-state index is 11.3. The summed E-state index contributed by atoms with van der Waals surface area (Å²) in [5.41, 5.74) is 5.75. The first-order valence-corrected chi connectivity index (χ1v) is 8.04. The largest absolute Gasteiger partial charge is 0.380 e. The Bertz CT molecular complexity index is 777. The van der Waals surface area contributed by atoms with Gasteiger partial charge in [0.1, 0.15) is 0 Å². The zero-order chi connectivity index (χ0) is 16.7. The van der Waals surface area contributed by atoms with Crippen molar-refractivity contribution in [1.82, 2.24) is 15.4 Å². The Morgan fingerprint density at radius 1 is 1.38 bits per heavy atom. The standard InChI is InChI=1S/C17H19N5O2/c1-10-2-3-14-13(6-10)12-4-5-22(9-15(12)20-14)17-18-7-11(8-19-17)16(23)21-24/h2-3,6-8,12,15,20,24H,4-5,9H2,1H3,(H,21,23). The summed E-state index contributed by atoms with van der Waals surface area (Å²) >= 11 is 0. The van der Waals surface area contributed by atoms with Crippen molar-refractivity contribution in [2.75, 3.05) is 23.3 Å². The van der Waals surface area contributed by atoms with Crippen LogP contribution in [0.3, 0.4) is 0 Å². The van der Waals surface area contributed by atoms with E-state index in [1.807, 2.05) is 0 Å². The molecular weight excluding hydrogens is 306 g/mol. The summed E-state index contributed by atoms with van der Waals surface area (Å²) in [5.74, 6) is 0.524. The minimum atomic E-state index is -0.608. The van der Waals surface area contributed by atoms with Crippen LogP contribution in [0.1, 0.15) is 33.8 Å². The molecule has 3 N–H and O–H groups in total. The number of carbonyl (C=O) groups excluding carboxylic acids is 1. The minimum Gasteiger partial charge on any atom is -0.380 e. The van der Waals surface area contributed by atoms with E-state index in [-0.39, 0.29) is 5.56 Å². The maximum absolute atomic E-state index is 11.3. The van der Waals surface area contributed by atoms with Crippen LogP contribution in [0.5, 0.6) is 0 Å². The summed E-state index contributed by atoms with van der Waals surface area (Å²) in [6, 6.07) is 6.92. The zero-order valence-corrected chi connectivity index (χ0v) is 13.4. The summed E-state index contributed by atoms with van der Waals surface area (Å²) < 4.78 is 0. The molecule has 3 heterocycles. The van der Waals surface area contributed by atoms with Crippen molar-refractivity contribution in [2.45, 2.75) is 25.3 Å². The number of hydrogen-bond donors (Lipinski definition) is 3. The molecule has 2 aliphatic heterocycles. The lowest BCUT2D eigenvalue weighted by Gasteiger charge is -2.35. The van der Waals surface area contributed by atoms with E-state index < -0.39 is 5.91 Å². The first kappa shape index (κ1) is 14.9. The van der Waals surface area contributed by atoms with Crippen LogP contribution in [-0.2, 0) is 0 Å². The fourth-order valence-electron chi connectivity index (χ4n) is 3.64. The molecule has 2 atom stereocenters. The fourth-order valence-corrected chi connectivity index (χ4v) is 3.64. The molecule has 0 spiro atoms. The van der Waals surface area contributed by atoms with Gasteiger partial charge in [0.2, 0.25) is 5.95 Å². The third-order valence-electron chi connectivity index (χ3n) is 4.85. The van der Waals surface area contributed by atoms with Gasteiger partial charge >= 0.3 is 0 Å². The van der Waals surface area contributed by atoms with E-state index in [4.69, 9.17) is 5.21 Å². The summed E-state index contributed by atoms with van der Waals surface area (Å²) in [6.45, 7) is 3.83. The number of piperidine rings is 1. The number of nitrogens with zero attached hydrogens (tertiary/aromatic N) is 3. The summed E-state index contributed by atoms with van der Waals surface area (Å²) in [7, 11) is 0. The Kier molecular flexibility index (Phi) is 3.57. The number of rotatable bonds is 2. The Morgan fingerprint density at radius 3 is 2.92 bits per heavy atom. The van der Waals surface area contributed by atoms with Crippen LogP contribution in [0.15, 0.2) is 30.6 Å². The van der Waals surface area contributed by atoms with E-state index in [1.165, 1.54) is 29.2 Å². The van der Waals surface area contributed by atoms with Gasteiger partial charge in [-0.3, -0.25) is 10.0 Å². The number of carbonyl (C=O) groups is 1. The van der Waals surface area contributed by atoms with Crippen LogP contribution in [-0.4, -0.2) is 40.2 Å². The molecule has 7 heteroatoms. The quantitative estimate of drug-likeness (QED) is 0.575. The van der Waals surface area contributed by atoms with Gasteiger partial charge in [-0.1, -0.05) is 17.7 Å². The third-order valence-corrected chi connectivity index (χ3v) is 4.85. The molecule has 4 rings (SSSR count). The molecule has 2 aliphatic rings. The molecule has 1 fully saturated rings. The molecule has 1 aromatic heterocycles. The smallest absolute Gasteiger partial charge is 0.277 e. The Morgan fingerprint density at radius 2 is 2.17 bits per heavy atom. The summed E-state index contributed by atoms with van der Waals surface area (Å²) in [4.78, 5) is 22.0. The minimum absolute atomic E-state index is 0.234. The van der Waals surface area contributed by atoms with Crippen LogP contribution < -0.4 is 15.7 Å². The van der Waals surface area contributed by atoms with Gasteiger partial charge in [0.15, 0.2) is 0 Å². The number of aryl methyl sites for hydroxylation is 1. The van der Waals surface area contributed by atoms with E-state index in [0.29, 0.717) is 17.9 Å². The van der Waals surface area contributed by atoms with Crippen molar-refractivity contribution < 1.29 is 10.0 Å². The molecule has 0 radical (unpaired) electrons. The van der Waals surface area contributed by atoms with Crippen LogP contribution in [0.2, 0.25) is 0 Å². The van der Waals surface area contributed by atoms with Crippen molar-refractivity contribution in [3.05, 3.63) is 47.3 Å². The van der Waals surface area contributed by atoms with E-state index in [0.717, 1.165) is 19.5 Å². The average molecular weight is 325 g/mol. The lowest BCUT2D eigenvalue weighted by Crippen LogP contribution is -2.44. The van der Waals surface area contributed by atoms with Gasteiger partial charge in [-0.2, -0.15) is 0 Å². The monoisotopic (exact) mass is 325 g/mol. The van der Waals surface area contributed by atoms with Gasteiger partial charge in [-0.25, -0.2) is 15.4 Å². The molecule has 7 nitrogen and oxygen atoms in total. The number of nitrogens with one attached hydrogen (secondary N) is 2. The highest BCUT2D eigenvalue weighted by Crippen LogP contribution is 2.41. The third kappa shape index (κ3) is 2.46. The molecule has 1 saturated heterocycles. The molecule has 1 amide bonds. The van der Waals surface area contributed by atoms with Gasteiger partial charge in [0.25, 0.3) is 5.91 Å². The zero-order valence-electron chi connectivity index (χ0n) is 13.4. The predicted molar refractivity (Wildman–Crippen MR) is 89.4 cm³/mol. The van der Waals surface area contributed by atoms with Crippen molar-refractivity contribution in [3.63, 3.8) is 0 Å². The van der Waals surface area contributed by atoms with Crippen molar-refractivity contribution >= 4 is 17.5 Å². The second-order valence-electron chi connectivity index (χ2n) is 6.40. The average Bonchev–Trinajstić information content (AvgIpc) is 2.98. The van der Waals surface area contributed by atoms with Gasteiger partial charge in [0, 0.05) is 37.1 Å². The topological polar surface area (TPSA) is 90.4 Å². The predicted octanol–water partition coefficient (Wildman–Crippen LogP) is 1.69. The van der Waals surface area contributed by atoms with Gasteiger partial charge in [-0.05, 0) is 25.0 Å². The Labute approximate surface area is 139 Å². The Hall–Kier alpha value is -2.67. The lowest BCUT2D eigenvalue weighted by atomic mass is 9.88. The molecule has 24 heavy (non-hydrogen) atoms. The van der Waals surface area contributed by atoms with E-state index >= 15 is 0 Å². The number of aromatic nitrogens is 2. The number of anilines is 2. The lowest BCUT2D eigenvalue weighted by molar-refractivity contribution is 0.0705. The number of amides is 1. The van der Waals surface area contributed by atoms with Crippen LogP contribution in [0.4, 0.5) is 11.6 Å². The van der Waals surface area contributed by atoms with Crippen LogP contribution >= 0.6 is 0 Å². The molecule has 1 aromatic carbocycles. The van der Waals surface area contributed by atoms with Gasteiger partial charge in [-0.15, -0.1) is 0 Å². The number of hydrogen-bond acceptors (Lipinski definition) is 6. The van der Waals surface area contributed by atoms with Crippen LogP contribution in [0.25, 0.3) is 0 Å². The molecule has 0 saturated carbocycles. The number of fused-ring (bicyclic) bond motifs is 3. The second kappa shape index (κ2) is 5.76. The van der Waals surface area contributed by atoms with E-state index in [1.54, 1.807) is 5.48 Å². The number of hydroxylamine groups is 1. The molecule has 124 valence electrons. The highest BCUT2D eigenvalue weighted by molar-refractivity contribution is 5.92. The maximum Gasteiger partial charge on any atom is 0.277 e. The fraction of sp³-hybridized carbons (Fsp3) is 0.353. The highest BCUT2D eigenvalue weighted by Gasteiger charge is 2.37. The van der Waals surface area contributed by atoms with E-state index in [2.05, 4.69) is 45.3 Å². The first-order valence-electron chi connectivity index (χ1n) is 8.04. The van der Waals surface area contributed by atoms with Crippen LogP contribution in [0, 0.1) is 6.92 Å². The summed E-state index contributed by atoms with van der Waals surface area (Å²) in [5, 5.41) is 12.2. The van der Waals surface area contributed by atoms with Gasteiger partial charge < -0.3 is 10.2 Å². The SMILES string of the molecule is Cc1ccc2c(c1)C1CCN(c3ncc(C(=O)NO)cn3)CC1N2. The van der Waals surface area contributed by atoms with Crippen molar-refractivity contribution in [2.24, 2.45) is 0 Å². The van der Waals surface area contributed by atoms with Crippen molar-refractivity contribution in [1.29, 1.82) is 0 Å². The van der Waals surface area contributed by atoms with Crippen molar-refractivity contribution in [3.8, 4) is 0 Å². The molecule has 0 aliphatic carbocycles. The second-order valence-corrected chi connectivity index (χ2v) is 6.40.